The number of nitro groups is 1. The van der Waals surface area contributed by atoms with E-state index >= 15 is 0 Å². The van der Waals surface area contributed by atoms with Gasteiger partial charge in [-0.2, -0.15) is 5.26 Å². The van der Waals surface area contributed by atoms with E-state index in [0.29, 0.717) is 53.2 Å². The lowest BCUT2D eigenvalue weighted by Gasteiger charge is -2.11. The molecule has 0 radical (unpaired) electrons. The van der Waals surface area contributed by atoms with Crippen molar-refractivity contribution in [2.75, 3.05) is 23.7 Å². The van der Waals surface area contributed by atoms with Crippen LogP contribution in [0.15, 0.2) is 61.1 Å². The highest BCUT2D eigenvalue weighted by Gasteiger charge is 2.12. The fourth-order valence-electron chi connectivity index (χ4n) is 2.96. The van der Waals surface area contributed by atoms with Crippen molar-refractivity contribution in [3.63, 3.8) is 0 Å². The third-order valence-corrected chi connectivity index (χ3v) is 4.46. The maximum Gasteiger partial charge on any atom is 0.287 e. The second-order valence-electron chi connectivity index (χ2n) is 6.57. The Morgan fingerprint density at radius 2 is 1.88 bits per heavy atom. The molecule has 11 heteroatoms. The Labute approximate surface area is 182 Å². The highest BCUT2D eigenvalue weighted by molar-refractivity contribution is 5.71. The molecule has 0 atom stereocenters. The van der Waals surface area contributed by atoms with Crippen molar-refractivity contribution in [2.24, 2.45) is 0 Å². The third-order valence-electron chi connectivity index (χ3n) is 4.46. The topological polar surface area (TPSA) is 158 Å². The molecule has 1 aromatic carbocycles. The second-order valence-corrected chi connectivity index (χ2v) is 6.57. The summed E-state index contributed by atoms with van der Waals surface area (Å²) in [4.78, 5) is 30.6. The van der Waals surface area contributed by atoms with Gasteiger partial charge in [-0.05, 0) is 18.2 Å². The quantitative estimate of drug-likeness (QED) is 0.218. The van der Waals surface area contributed by atoms with Gasteiger partial charge in [0.2, 0.25) is 5.95 Å². The van der Waals surface area contributed by atoms with Gasteiger partial charge in [-0.1, -0.05) is 18.2 Å². The number of aromatic nitrogens is 5. The normalized spacial score (nSPS) is 10.3. The highest BCUT2D eigenvalue weighted by atomic mass is 16.6. The Balaban J connectivity index is 1.51. The first-order valence-electron chi connectivity index (χ1n) is 9.60. The fourth-order valence-corrected chi connectivity index (χ4v) is 2.96. The molecule has 0 bridgehead atoms. The molecule has 0 spiro atoms. The van der Waals surface area contributed by atoms with Crippen molar-refractivity contribution in [3.8, 4) is 28.8 Å². The second kappa shape index (κ2) is 9.31. The summed E-state index contributed by atoms with van der Waals surface area (Å²) >= 11 is 0. The van der Waals surface area contributed by atoms with E-state index in [1.54, 1.807) is 36.7 Å². The Morgan fingerprint density at radius 1 is 1.06 bits per heavy atom. The molecule has 0 aliphatic heterocycles. The van der Waals surface area contributed by atoms with Crippen molar-refractivity contribution in [1.82, 2.24) is 24.9 Å². The van der Waals surface area contributed by atoms with Crippen molar-refractivity contribution in [3.05, 3.63) is 76.7 Å². The highest BCUT2D eigenvalue weighted by Crippen LogP contribution is 2.26. The zero-order chi connectivity index (χ0) is 22.3. The lowest BCUT2D eigenvalue weighted by atomic mass is 10.0. The number of hydrogen-bond acceptors (Lipinski definition) is 9. The van der Waals surface area contributed by atoms with Gasteiger partial charge in [-0.3, -0.25) is 10.1 Å². The van der Waals surface area contributed by atoms with Gasteiger partial charge in [0.25, 0.3) is 5.69 Å². The average molecular weight is 427 g/mol. The minimum atomic E-state index is -0.496. The molecular weight excluding hydrogens is 410 g/mol. The zero-order valence-corrected chi connectivity index (χ0v) is 16.7. The van der Waals surface area contributed by atoms with Gasteiger partial charge in [-0.15, -0.1) is 0 Å². The predicted octanol–water partition coefficient (Wildman–Crippen LogP) is 3.23. The summed E-state index contributed by atoms with van der Waals surface area (Å²) in [6.07, 6.45) is 4.54. The van der Waals surface area contributed by atoms with Crippen molar-refractivity contribution in [1.29, 1.82) is 5.26 Å². The molecule has 4 rings (SSSR count). The number of H-pyrrole nitrogens is 1. The van der Waals surface area contributed by atoms with Crippen LogP contribution in [-0.4, -0.2) is 42.9 Å². The molecule has 11 nitrogen and oxygen atoms in total. The van der Waals surface area contributed by atoms with Gasteiger partial charge in [0.1, 0.15) is 17.7 Å². The van der Waals surface area contributed by atoms with Crippen LogP contribution in [0.2, 0.25) is 0 Å². The number of hydrogen-bond donors (Lipinski definition) is 3. The number of rotatable bonds is 8. The summed E-state index contributed by atoms with van der Waals surface area (Å²) in [6, 6.07) is 14.1. The van der Waals surface area contributed by atoms with Gasteiger partial charge in [0.15, 0.2) is 5.82 Å². The van der Waals surface area contributed by atoms with Gasteiger partial charge in [-0.25, -0.2) is 19.9 Å². The van der Waals surface area contributed by atoms with E-state index in [0.717, 1.165) is 0 Å². The minimum absolute atomic E-state index is 0.0676. The van der Waals surface area contributed by atoms with Gasteiger partial charge >= 0.3 is 0 Å². The maximum atomic E-state index is 10.7. The zero-order valence-electron chi connectivity index (χ0n) is 16.7. The first-order chi connectivity index (χ1) is 15.6. The SMILES string of the molecule is N#Cc1ccccc1-c1cc(-c2ncc[nH]2)nc(NCCNc2ccc([N+](=O)[O-])cn2)n1. The molecule has 0 aliphatic carbocycles. The smallest absolute Gasteiger partial charge is 0.287 e. The van der Waals surface area contributed by atoms with E-state index in [9.17, 15) is 15.4 Å². The maximum absolute atomic E-state index is 10.7. The molecule has 32 heavy (non-hydrogen) atoms. The fraction of sp³-hybridized carbons (Fsp3) is 0.0952. The van der Waals surface area contributed by atoms with Crippen LogP contribution in [-0.2, 0) is 0 Å². The largest absolute Gasteiger partial charge is 0.368 e. The Bertz CT molecular complexity index is 1270. The Morgan fingerprint density at radius 3 is 2.59 bits per heavy atom. The third kappa shape index (κ3) is 4.65. The van der Waals surface area contributed by atoms with E-state index in [2.05, 4.69) is 41.6 Å². The molecule has 3 heterocycles. The van der Waals surface area contributed by atoms with Crippen LogP contribution in [0, 0.1) is 21.4 Å². The van der Waals surface area contributed by atoms with Crippen LogP contribution in [0.4, 0.5) is 17.5 Å². The van der Waals surface area contributed by atoms with Crippen LogP contribution in [0.3, 0.4) is 0 Å². The molecule has 0 amide bonds. The standard InChI is InChI=1S/C21H17N9O2/c22-12-14-3-1-2-4-16(14)17-11-18(20-24-8-9-25-20)29-21(28-17)26-10-7-23-19-6-5-15(13-27-19)30(31)32/h1-6,8-9,11,13H,7,10H2,(H,23,27)(H,24,25)(H,26,28,29). The number of nitriles is 1. The summed E-state index contributed by atoms with van der Waals surface area (Å²) in [6.45, 7) is 0.933. The molecule has 158 valence electrons. The van der Waals surface area contributed by atoms with E-state index in [1.807, 2.05) is 12.1 Å². The Hall–Kier alpha value is -4.85. The number of nitrogens with one attached hydrogen (secondary N) is 3. The summed E-state index contributed by atoms with van der Waals surface area (Å²) < 4.78 is 0. The number of pyridine rings is 1. The van der Waals surface area contributed by atoms with Crippen molar-refractivity contribution < 1.29 is 4.92 Å². The van der Waals surface area contributed by atoms with E-state index in [1.165, 1.54) is 12.3 Å². The lowest BCUT2D eigenvalue weighted by Crippen LogP contribution is -2.16. The molecule has 0 aliphatic rings. The molecule has 0 unspecified atom stereocenters. The van der Waals surface area contributed by atoms with Crippen LogP contribution < -0.4 is 10.6 Å². The minimum Gasteiger partial charge on any atom is -0.368 e. The number of anilines is 2. The summed E-state index contributed by atoms with van der Waals surface area (Å²) in [7, 11) is 0. The van der Waals surface area contributed by atoms with Gasteiger partial charge in [0, 0.05) is 37.1 Å². The number of aromatic amines is 1. The van der Waals surface area contributed by atoms with Crippen molar-refractivity contribution >= 4 is 17.5 Å². The molecule has 3 N–H and O–H groups in total. The van der Waals surface area contributed by atoms with Gasteiger partial charge in [0.05, 0.1) is 22.2 Å². The first-order valence-corrected chi connectivity index (χ1v) is 9.60. The monoisotopic (exact) mass is 427 g/mol. The summed E-state index contributed by atoms with van der Waals surface area (Å²) in [5, 5.41) is 26.4. The summed E-state index contributed by atoms with van der Waals surface area (Å²) in [5.41, 5.74) is 2.31. The van der Waals surface area contributed by atoms with E-state index < -0.39 is 4.92 Å². The first kappa shape index (κ1) is 20.4. The van der Waals surface area contributed by atoms with E-state index in [-0.39, 0.29) is 5.69 Å². The van der Waals surface area contributed by atoms with Crippen LogP contribution in [0.5, 0.6) is 0 Å². The summed E-state index contributed by atoms with van der Waals surface area (Å²) in [5.74, 6) is 1.48. The number of benzene rings is 1. The van der Waals surface area contributed by atoms with Gasteiger partial charge < -0.3 is 15.6 Å². The molecule has 0 fully saturated rings. The Kier molecular flexibility index (Phi) is 5.94. The van der Waals surface area contributed by atoms with E-state index in [4.69, 9.17) is 0 Å². The van der Waals surface area contributed by atoms with Crippen LogP contribution in [0.25, 0.3) is 22.8 Å². The van der Waals surface area contributed by atoms with Crippen LogP contribution in [0.1, 0.15) is 5.56 Å². The van der Waals surface area contributed by atoms with Crippen LogP contribution >= 0.6 is 0 Å². The molecule has 0 saturated heterocycles. The van der Waals surface area contributed by atoms with Crippen molar-refractivity contribution in [2.45, 2.75) is 0 Å². The average Bonchev–Trinajstić information content (AvgIpc) is 3.37. The molecule has 4 aromatic rings. The number of imidazole rings is 1. The number of nitrogens with zero attached hydrogens (tertiary/aromatic N) is 6. The predicted molar refractivity (Wildman–Crippen MR) is 118 cm³/mol. The molecule has 3 aromatic heterocycles. The molecule has 0 saturated carbocycles. The molecular formula is C21H17N9O2. The lowest BCUT2D eigenvalue weighted by molar-refractivity contribution is -0.385.